The van der Waals surface area contributed by atoms with Crippen LogP contribution in [0.1, 0.15) is 23.7 Å². The van der Waals surface area contributed by atoms with Crippen molar-refractivity contribution in [2.24, 2.45) is 0 Å². The Morgan fingerprint density at radius 2 is 1.36 bits per heavy atom. The van der Waals surface area contributed by atoms with Crippen molar-refractivity contribution in [2.75, 3.05) is 6.61 Å². The van der Waals surface area contributed by atoms with Crippen molar-refractivity contribution in [2.45, 2.75) is 43.1 Å². The van der Waals surface area contributed by atoms with E-state index >= 15 is 0 Å². The van der Waals surface area contributed by atoms with Gasteiger partial charge in [0, 0.05) is 11.1 Å². The molecule has 0 saturated carbocycles. The Hall–Kier alpha value is -2.29. The zero-order chi connectivity index (χ0) is 19.1. The molecule has 3 saturated heterocycles. The molecule has 5 rings (SSSR count). The SMILES string of the molecule is O=C1O[C@@H]2[C@@H](O[C@H](c3ccccc3)O[C@@H]2[C@H]2CO[C@H](c3ccccc3)O2)[C@H]1O. The maximum atomic E-state index is 12.0. The van der Waals surface area contributed by atoms with Crippen LogP contribution in [0.15, 0.2) is 60.7 Å². The number of hydrogen-bond acceptors (Lipinski definition) is 7. The van der Waals surface area contributed by atoms with E-state index in [1.165, 1.54) is 0 Å². The fourth-order valence-corrected chi connectivity index (χ4v) is 3.83. The van der Waals surface area contributed by atoms with E-state index in [1.54, 1.807) is 0 Å². The summed E-state index contributed by atoms with van der Waals surface area (Å²) in [6.45, 7) is 0.280. The number of aliphatic hydroxyl groups is 1. The molecule has 1 N–H and O–H groups in total. The number of fused-ring (bicyclic) bond motifs is 1. The van der Waals surface area contributed by atoms with Crippen LogP contribution in [0.5, 0.6) is 0 Å². The summed E-state index contributed by atoms with van der Waals surface area (Å²) in [5.74, 6) is -0.712. The second kappa shape index (κ2) is 7.27. The van der Waals surface area contributed by atoms with Gasteiger partial charge in [-0.15, -0.1) is 0 Å². The monoisotopic (exact) mass is 384 g/mol. The van der Waals surface area contributed by atoms with E-state index in [-0.39, 0.29) is 6.61 Å². The lowest BCUT2D eigenvalue weighted by Gasteiger charge is -2.39. The van der Waals surface area contributed by atoms with Gasteiger partial charge < -0.3 is 28.8 Å². The fraction of sp³-hybridized carbons (Fsp3) is 0.381. The molecular weight excluding hydrogens is 364 g/mol. The van der Waals surface area contributed by atoms with Crippen LogP contribution in [-0.4, -0.2) is 48.2 Å². The van der Waals surface area contributed by atoms with E-state index in [0.29, 0.717) is 0 Å². The molecule has 3 aliphatic heterocycles. The van der Waals surface area contributed by atoms with Crippen molar-refractivity contribution < 1.29 is 33.6 Å². The molecule has 0 amide bonds. The predicted molar refractivity (Wildman–Crippen MR) is 94.8 cm³/mol. The summed E-state index contributed by atoms with van der Waals surface area (Å²) in [4.78, 5) is 12.0. The highest BCUT2D eigenvalue weighted by Crippen LogP contribution is 2.40. The molecule has 3 aliphatic rings. The van der Waals surface area contributed by atoms with E-state index < -0.39 is 49.1 Å². The Morgan fingerprint density at radius 1 is 0.750 bits per heavy atom. The van der Waals surface area contributed by atoms with Crippen LogP contribution in [0.2, 0.25) is 0 Å². The van der Waals surface area contributed by atoms with Gasteiger partial charge in [0.05, 0.1) is 6.61 Å². The average Bonchev–Trinajstić information content (AvgIpc) is 3.34. The molecule has 7 nitrogen and oxygen atoms in total. The lowest BCUT2D eigenvalue weighted by molar-refractivity contribution is -0.300. The smallest absolute Gasteiger partial charge is 0.338 e. The van der Waals surface area contributed by atoms with Crippen molar-refractivity contribution >= 4 is 5.97 Å². The van der Waals surface area contributed by atoms with Gasteiger partial charge in [-0.1, -0.05) is 60.7 Å². The summed E-state index contributed by atoms with van der Waals surface area (Å²) < 4.78 is 29.2. The van der Waals surface area contributed by atoms with Gasteiger partial charge in [0.2, 0.25) is 0 Å². The number of hydrogen-bond donors (Lipinski definition) is 1. The van der Waals surface area contributed by atoms with Crippen LogP contribution >= 0.6 is 0 Å². The van der Waals surface area contributed by atoms with Crippen molar-refractivity contribution in [1.29, 1.82) is 0 Å². The number of carbonyl (C=O) groups is 1. The minimum Gasteiger partial charge on any atom is -0.455 e. The normalized spacial score (nSPS) is 37.5. The largest absolute Gasteiger partial charge is 0.455 e. The van der Waals surface area contributed by atoms with Gasteiger partial charge in [-0.2, -0.15) is 0 Å². The molecule has 2 aromatic carbocycles. The molecule has 0 unspecified atom stereocenters. The minimum absolute atomic E-state index is 0.280. The second-order valence-corrected chi connectivity index (χ2v) is 7.04. The van der Waals surface area contributed by atoms with Crippen LogP contribution in [-0.2, 0) is 28.5 Å². The zero-order valence-electron chi connectivity index (χ0n) is 14.9. The third-order valence-electron chi connectivity index (χ3n) is 5.23. The maximum absolute atomic E-state index is 12.0. The predicted octanol–water partition coefficient (Wildman–Crippen LogP) is 1.87. The standard InChI is InChI=1S/C21H20O7/c22-15-17-18(26-19(15)23)16(27-21(28-17)13-9-5-2-6-10-13)14-11-24-20(25-14)12-7-3-1-4-8-12/h1-10,14-18,20-22H,11H2/t14-,15-,16-,17+,18+,20+,21-/m1/s1. The van der Waals surface area contributed by atoms with E-state index in [1.807, 2.05) is 60.7 Å². The first-order valence-corrected chi connectivity index (χ1v) is 9.27. The Kier molecular flexibility index (Phi) is 4.62. The van der Waals surface area contributed by atoms with Crippen molar-refractivity contribution in [3.63, 3.8) is 0 Å². The Labute approximate surface area is 161 Å². The van der Waals surface area contributed by atoms with E-state index in [0.717, 1.165) is 11.1 Å². The minimum atomic E-state index is -1.35. The van der Waals surface area contributed by atoms with E-state index in [4.69, 9.17) is 23.7 Å². The summed E-state index contributed by atoms with van der Waals surface area (Å²) in [7, 11) is 0. The lowest BCUT2D eigenvalue weighted by Crippen LogP contribution is -2.53. The molecule has 146 valence electrons. The van der Waals surface area contributed by atoms with Crippen LogP contribution in [0.25, 0.3) is 0 Å². The number of rotatable bonds is 3. The summed E-state index contributed by atoms with van der Waals surface area (Å²) in [6.07, 6.45) is -5.29. The van der Waals surface area contributed by atoms with E-state index in [2.05, 4.69) is 0 Å². The van der Waals surface area contributed by atoms with Gasteiger partial charge in [-0.25, -0.2) is 4.79 Å². The van der Waals surface area contributed by atoms with Crippen molar-refractivity contribution in [1.82, 2.24) is 0 Å². The number of benzene rings is 2. The molecule has 0 bridgehead atoms. The highest BCUT2D eigenvalue weighted by Gasteiger charge is 2.56. The van der Waals surface area contributed by atoms with Crippen molar-refractivity contribution in [3.05, 3.63) is 71.8 Å². The third-order valence-corrected chi connectivity index (χ3v) is 5.23. The highest BCUT2D eigenvalue weighted by molar-refractivity contribution is 5.78. The first kappa shape index (κ1) is 17.8. The lowest BCUT2D eigenvalue weighted by atomic mass is 9.99. The van der Waals surface area contributed by atoms with Crippen LogP contribution in [0, 0.1) is 0 Å². The molecule has 2 aromatic rings. The summed E-state index contributed by atoms with van der Waals surface area (Å²) in [5.41, 5.74) is 1.69. The molecule has 28 heavy (non-hydrogen) atoms. The van der Waals surface area contributed by atoms with Crippen LogP contribution in [0.3, 0.4) is 0 Å². The Balaban J connectivity index is 1.39. The van der Waals surface area contributed by atoms with Gasteiger partial charge in [-0.3, -0.25) is 0 Å². The van der Waals surface area contributed by atoms with Gasteiger partial charge in [0.1, 0.15) is 18.3 Å². The van der Waals surface area contributed by atoms with E-state index in [9.17, 15) is 9.90 Å². The van der Waals surface area contributed by atoms with Crippen LogP contribution in [0.4, 0.5) is 0 Å². The van der Waals surface area contributed by atoms with Gasteiger partial charge in [0.15, 0.2) is 24.8 Å². The Bertz CT molecular complexity index is 827. The van der Waals surface area contributed by atoms with Gasteiger partial charge >= 0.3 is 5.97 Å². The third kappa shape index (κ3) is 3.11. The maximum Gasteiger partial charge on any atom is 0.338 e. The first-order chi connectivity index (χ1) is 13.7. The number of carbonyl (C=O) groups excluding carboxylic acids is 1. The Morgan fingerprint density at radius 3 is 2.04 bits per heavy atom. The molecule has 0 spiro atoms. The molecule has 0 aliphatic carbocycles. The molecule has 0 radical (unpaired) electrons. The molecule has 0 aromatic heterocycles. The molecular formula is C21H20O7. The number of aliphatic hydroxyl groups excluding tert-OH is 1. The van der Waals surface area contributed by atoms with Gasteiger partial charge in [0.25, 0.3) is 0 Å². The summed E-state index contributed by atoms with van der Waals surface area (Å²) in [6, 6.07) is 19.0. The first-order valence-electron chi connectivity index (χ1n) is 9.27. The second-order valence-electron chi connectivity index (χ2n) is 7.04. The van der Waals surface area contributed by atoms with Gasteiger partial charge in [-0.05, 0) is 0 Å². The summed E-state index contributed by atoms with van der Waals surface area (Å²) >= 11 is 0. The summed E-state index contributed by atoms with van der Waals surface area (Å²) in [5, 5.41) is 10.2. The molecule has 3 heterocycles. The van der Waals surface area contributed by atoms with Crippen LogP contribution < -0.4 is 0 Å². The average molecular weight is 384 g/mol. The molecule has 3 fully saturated rings. The number of esters is 1. The molecule has 7 heteroatoms. The quantitative estimate of drug-likeness (QED) is 0.809. The molecule has 7 atom stereocenters. The highest BCUT2D eigenvalue weighted by atomic mass is 16.8. The topological polar surface area (TPSA) is 83.5 Å². The fourth-order valence-electron chi connectivity index (χ4n) is 3.83. The number of ether oxygens (including phenoxy) is 5. The zero-order valence-corrected chi connectivity index (χ0v) is 14.9. The van der Waals surface area contributed by atoms with Crippen molar-refractivity contribution in [3.8, 4) is 0 Å².